The maximum Gasteiger partial charge on any atom is 0.227 e. The van der Waals surface area contributed by atoms with Crippen LogP contribution in [0.3, 0.4) is 0 Å². The van der Waals surface area contributed by atoms with Gasteiger partial charge in [-0.25, -0.2) is 4.39 Å². The van der Waals surface area contributed by atoms with Gasteiger partial charge < -0.3 is 10.1 Å². The molecule has 2 aromatic carbocycles. The van der Waals surface area contributed by atoms with Crippen molar-refractivity contribution < 1.29 is 13.9 Å². The summed E-state index contributed by atoms with van der Waals surface area (Å²) in [4.78, 5) is 12.6. The fourth-order valence-corrected chi connectivity index (χ4v) is 3.50. The van der Waals surface area contributed by atoms with Crippen molar-refractivity contribution >= 4 is 5.91 Å². The lowest BCUT2D eigenvalue weighted by molar-refractivity contribution is -0.127. The van der Waals surface area contributed by atoms with Crippen LogP contribution in [0.1, 0.15) is 43.2 Å². The Kier molecular flexibility index (Phi) is 4.31. The van der Waals surface area contributed by atoms with Gasteiger partial charge in [0.25, 0.3) is 0 Å². The van der Waals surface area contributed by atoms with E-state index in [9.17, 15) is 9.18 Å². The van der Waals surface area contributed by atoms with E-state index in [1.165, 1.54) is 12.1 Å². The normalized spacial score (nSPS) is 22.8. The highest BCUT2D eigenvalue weighted by Crippen LogP contribution is 2.41. The summed E-state index contributed by atoms with van der Waals surface area (Å²) in [5, 5.41) is 3.13. The Morgan fingerprint density at radius 3 is 2.21 bits per heavy atom. The molecule has 2 aromatic rings. The Hall–Kier alpha value is -2.36. The predicted octanol–water partition coefficient (Wildman–Crippen LogP) is 4.00. The maximum absolute atomic E-state index is 13.2. The second kappa shape index (κ2) is 6.27. The van der Waals surface area contributed by atoms with E-state index in [1.807, 2.05) is 50.2 Å². The monoisotopic (exact) mass is 327 g/mol. The van der Waals surface area contributed by atoms with E-state index in [2.05, 4.69) is 5.32 Å². The predicted molar refractivity (Wildman–Crippen MR) is 91.7 cm³/mol. The number of amides is 1. The van der Waals surface area contributed by atoms with Crippen LogP contribution in [0.2, 0.25) is 0 Å². The minimum Gasteiger partial charge on any atom is -0.497 e. The van der Waals surface area contributed by atoms with Gasteiger partial charge in [-0.2, -0.15) is 0 Å². The first kappa shape index (κ1) is 16.5. The molecule has 1 saturated heterocycles. The molecule has 0 bridgehead atoms. The van der Waals surface area contributed by atoms with Crippen LogP contribution in [-0.2, 0) is 4.79 Å². The molecular weight excluding hydrogens is 305 g/mol. The summed E-state index contributed by atoms with van der Waals surface area (Å²) < 4.78 is 18.4. The van der Waals surface area contributed by atoms with Gasteiger partial charge in [0.05, 0.1) is 13.0 Å². The SMILES string of the molecule is COc1ccc([C@H]2C[C@@H](c3ccc(F)cc3)C(C)(C)NC2=O)cc1. The van der Waals surface area contributed by atoms with Crippen LogP contribution in [0.4, 0.5) is 4.39 Å². The van der Waals surface area contributed by atoms with Crippen LogP contribution in [0, 0.1) is 5.82 Å². The van der Waals surface area contributed by atoms with Crippen LogP contribution in [-0.4, -0.2) is 18.6 Å². The molecule has 1 N–H and O–H groups in total. The number of ether oxygens (including phenoxy) is 1. The maximum atomic E-state index is 13.2. The molecule has 0 radical (unpaired) electrons. The molecule has 0 unspecified atom stereocenters. The second-order valence-electron chi connectivity index (χ2n) is 6.88. The van der Waals surface area contributed by atoms with Crippen LogP contribution < -0.4 is 10.1 Å². The molecule has 24 heavy (non-hydrogen) atoms. The first-order valence-electron chi connectivity index (χ1n) is 8.12. The fraction of sp³-hybridized carbons (Fsp3) is 0.350. The molecule has 0 saturated carbocycles. The summed E-state index contributed by atoms with van der Waals surface area (Å²) in [6.45, 7) is 4.03. The summed E-state index contributed by atoms with van der Waals surface area (Å²) in [5.41, 5.74) is 1.63. The molecule has 126 valence electrons. The Bertz CT molecular complexity index is 722. The van der Waals surface area contributed by atoms with Gasteiger partial charge in [0.1, 0.15) is 11.6 Å². The third kappa shape index (κ3) is 3.14. The van der Waals surface area contributed by atoms with E-state index in [1.54, 1.807) is 7.11 Å². The van der Waals surface area contributed by atoms with Gasteiger partial charge in [-0.3, -0.25) is 4.79 Å². The van der Waals surface area contributed by atoms with Crippen LogP contribution >= 0.6 is 0 Å². The minimum atomic E-state index is -0.377. The average molecular weight is 327 g/mol. The van der Waals surface area contributed by atoms with Gasteiger partial charge in [-0.15, -0.1) is 0 Å². The van der Waals surface area contributed by atoms with Crippen molar-refractivity contribution in [2.24, 2.45) is 0 Å². The van der Waals surface area contributed by atoms with E-state index in [4.69, 9.17) is 4.74 Å². The quantitative estimate of drug-likeness (QED) is 0.925. The van der Waals surface area contributed by atoms with E-state index in [0.717, 1.165) is 16.9 Å². The number of hydrogen-bond acceptors (Lipinski definition) is 2. The molecule has 0 aromatic heterocycles. The Balaban J connectivity index is 1.91. The Morgan fingerprint density at radius 2 is 1.62 bits per heavy atom. The van der Waals surface area contributed by atoms with E-state index >= 15 is 0 Å². The third-order valence-corrected chi connectivity index (χ3v) is 4.89. The van der Waals surface area contributed by atoms with Crippen molar-refractivity contribution in [3.8, 4) is 5.75 Å². The number of halogens is 1. The van der Waals surface area contributed by atoms with Crippen molar-refractivity contribution in [3.05, 3.63) is 65.5 Å². The van der Waals surface area contributed by atoms with Crippen LogP contribution in [0.25, 0.3) is 0 Å². The molecule has 0 aliphatic carbocycles. The fourth-order valence-electron chi connectivity index (χ4n) is 3.50. The highest BCUT2D eigenvalue weighted by atomic mass is 19.1. The molecule has 1 aliphatic heterocycles. The number of hydrogen-bond donors (Lipinski definition) is 1. The topological polar surface area (TPSA) is 38.3 Å². The van der Waals surface area contributed by atoms with Gasteiger partial charge in [0.2, 0.25) is 5.91 Å². The zero-order chi connectivity index (χ0) is 17.3. The molecule has 3 nitrogen and oxygen atoms in total. The molecule has 0 spiro atoms. The minimum absolute atomic E-state index is 0.0310. The molecule has 1 amide bonds. The highest BCUT2D eigenvalue weighted by Gasteiger charge is 2.42. The molecular formula is C20H22FNO2. The number of carbonyl (C=O) groups is 1. The van der Waals surface area contributed by atoms with Crippen molar-refractivity contribution in [3.63, 3.8) is 0 Å². The summed E-state index contributed by atoms with van der Waals surface area (Å²) in [7, 11) is 1.62. The highest BCUT2D eigenvalue weighted by molar-refractivity contribution is 5.85. The summed E-state index contributed by atoms with van der Waals surface area (Å²) in [6.07, 6.45) is 0.691. The largest absolute Gasteiger partial charge is 0.497 e. The summed E-state index contributed by atoms with van der Waals surface area (Å²) in [6, 6.07) is 14.2. The van der Waals surface area contributed by atoms with E-state index < -0.39 is 0 Å². The van der Waals surface area contributed by atoms with E-state index in [-0.39, 0.29) is 29.1 Å². The van der Waals surface area contributed by atoms with Gasteiger partial charge in [-0.05, 0) is 55.7 Å². The standard InChI is InChI=1S/C20H22FNO2/c1-20(2)18(14-4-8-15(21)9-5-14)12-17(19(23)22-20)13-6-10-16(24-3)11-7-13/h4-11,17-18H,12H2,1-3H3,(H,22,23)/t17-,18+/m1/s1. The average Bonchev–Trinajstić information content (AvgIpc) is 2.56. The summed E-state index contributed by atoms with van der Waals surface area (Å²) in [5.74, 6) is 0.443. The first-order valence-corrected chi connectivity index (χ1v) is 8.12. The molecule has 3 rings (SSSR count). The lowest BCUT2D eigenvalue weighted by Gasteiger charge is -2.43. The van der Waals surface area contributed by atoms with E-state index in [0.29, 0.717) is 6.42 Å². The molecule has 1 fully saturated rings. The molecule has 4 heteroatoms. The Morgan fingerprint density at radius 1 is 1.04 bits per heavy atom. The lowest BCUT2D eigenvalue weighted by atomic mass is 9.71. The Labute approximate surface area is 141 Å². The lowest BCUT2D eigenvalue weighted by Crippen LogP contribution is -2.54. The zero-order valence-corrected chi connectivity index (χ0v) is 14.2. The van der Waals surface area contributed by atoms with Crippen LogP contribution in [0.5, 0.6) is 5.75 Å². The van der Waals surface area contributed by atoms with Gasteiger partial charge in [0, 0.05) is 11.5 Å². The van der Waals surface area contributed by atoms with Gasteiger partial charge >= 0.3 is 0 Å². The zero-order valence-electron chi connectivity index (χ0n) is 14.2. The molecule has 1 aliphatic rings. The molecule has 1 heterocycles. The number of methoxy groups -OCH3 is 1. The van der Waals surface area contributed by atoms with Crippen molar-refractivity contribution in [2.75, 3.05) is 7.11 Å². The smallest absolute Gasteiger partial charge is 0.227 e. The number of carbonyl (C=O) groups excluding carboxylic acids is 1. The number of nitrogens with one attached hydrogen (secondary N) is 1. The first-order chi connectivity index (χ1) is 11.4. The second-order valence-corrected chi connectivity index (χ2v) is 6.88. The number of rotatable bonds is 3. The summed E-state index contributed by atoms with van der Waals surface area (Å²) >= 11 is 0. The third-order valence-electron chi connectivity index (χ3n) is 4.89. The molecule has 2 atom stereocenters. The van der Waals surface area contributed by atoms with Gasteiger partial charge in [0.15, 0.2) is 0 Å². The number of benzene rings is 2. The van der Waals surface area contributed by atoms with Crippen molar-refractivity contribution in [1.82, 2.24) is 5.32 Å². The van der Waals surface area contributed by atoms with Gasteiger partial charge in [-0.1, -0.05) is 24.3 Å². The van der Waals surface area contributed by atoms with Crippen molar-refractivity contribution in [2.45, 2.75) is 37.6 Å². The van der Waals surface area contributed by atoms with Crippen molar-refractivity contribution in [1.29, 1.82) is 0 Å². The van der Waals surface area contributed by atoms with Crippen LogP contribution in [0.15, 0.2) is 48.5 Å². The number of piperidine rings is 1.